The van der Waals surface area contributed by atoms with E-state index in [-0.39, 0.29) is 33.6 Å². The second-order valence-corrected chi connectivity index (χ2v) is 19.6. The largest absolute Gasteiger partial charge is 0.415 e. The molecule has 3 heterocycles. The van der Waals surface area contributed by atoms with E-state index in [1.165, 1.54) is 10.2 Å². The Morgan fingerprint density at radius 3 is 2.43 bits per heavy atom. The van der Waals surface area contributed by atoms with Crippen molar-refractivity contribution in [3.8, 4) is 0 Å². The Morgan fingerprint density at radius 1 is 1.10 bits per heavy atom. The summed E-state index contributed by atoms with van der Waals surface area (Å²) in [6, 6.07) is 8.69. The normalized spacial score (nSPS) is 16.0. The van der Waals surface area contributed by atoms with E-state index >= 15 is 0 Å². The van der Waals surface area contributed by atoms with Gasteiger partial charge in [-0.15, -0.1) is 5.10 Å². The van der Waals surface area contributed by atoms with Crippen molar-refractivity contribution in [1.82, 2.24) is 28.9 Å². The minimum absolute atomic E-state index is 0.0286. The molecule has 1 aliphatic carbocycles. The highest BCUT2D eigenvalue weighted by Gasteiger charge is 2.37. The molecule has 0 radical (unpaired) electrons. The number of fused-ring (bicyclic) bond motifs is 1. The van der Waals surface area contributed by atoms with E-state index in [1.807, 2.05) is 13.8 Å². The zero-order chi connectivity index (χ0) is 30.4. The molecule has 2 atom stereocenters. The van der Waals surface area contributed by atoms with E-state index in [9.17, 15) is 8.42 Å². The third kappa shape index (κ3) is 6.23. The zero-order valence-electron chi connectivity index (χ0n) is 25.7. The molecule has 4 aromatic rings. The van der Waals surface area contributed by atoms with Crippen LogP contribution in [-0.2, 0) is 14.4 Å². The van der Waals surface area contributed by atoms with Crippen LogP contribution >= 0.6 is 0 Å². The van der Waals surface area contributed by atoms with Gasteiger partial charge >= 0.3 is 0 Å². The monoisotopic (exact) mass is 610 g/mol. The molecule has 5 rings (SSSR count). The maximum Gasteiger partial charge on any atom is 0.269 e. The summed E-state index contributed by atoms with van der Waals surface area (Å²) in [5.41, 5.74) is 1.26. The lowest BCUT2D eigenvalue weighted by molar-refractivity contribution is 0.228. The van der Waals surface area contributed by atoms with Crippen molar-refractivity contribution in [3.05, 3.63) is 48.3 Å². The van der Waals surface area contributed by atoms with Gasteiger partial charge in [0.1, 0.15) is 5.82 Å². The molecule has 11 nitrogen and oxygen atoms in total. The van der Waals surface area contributed by atoms with Crippen LogP contribution in [0.4, 0.5) is 17.6 Å². The summed E-state index contributed by atoms with van der Waals surface area (Å²) in [6.45, 7) is 17.7. The number of rotatable bonds is 11. The lowest BCUT2D eigenvalue weighted by atomic mass is 10.2. The number of hydrogen-bond acceptors (Lipinski definition) is 9. The van der Waals surface area contributed by atoms with Gasteiger partial charge in [-0.2, -0.15) is 9.97 Å². The number of aryl methyl sites for hydroxylation is 1. The van der Waals surface area contributed by atoms with E-state index in [2.05, 4.69) is 66.7 Å². The summed E-state index contributed by atoms with van der Waals surface area (Å²) in [7, 11) is -5.79. The van der Waals surface area contributed by atoms with Crippen molar-refractivity contribution in [3.63, 3.8) is 0 Å². The van der Waals surface area contributed by atoms with Crippen molar-refractivity contribution in [2.75, 3.05) is 17.2 Å². The molecule has 13 heteroatoms. The highest BCUT2D eigenvalue weighted by Crippen LogP contribution is 2.37. The summed E-state index contributed by atoms with van der Waals surface area (Å²) < 4.78 is 36.6. The number of nitrogens with zero attached hydrogens (tertiary/aromatic N) is 6. The Bertz CT molecular complexity index is 1670. The summed E-state index contributed by atoms with van der Waals surface area (Å²) >= 11 is 0. The molecule has 1 fully saturated rings. The third-order valence-corrected chi connectivity index (χ3v) is 14.7. The average Bonchev–Trinajstić information content (AvgIpc) is 3.51. The molecule has 226 valence electrons. The summed E-state index contributed by atoms with van der Waals surface area (Å²) in [4.78, 5) is 9.57. The van der Waals surface area contributed by atoms with Crippen LogP contribution < -0.4 is 10.6 Å². The van der Waals surface area contributed by atoms with E-state index in [0.29, 0.717) is 29.5 Å². The Hall–Kier alpha value is -3.29. The topological polar surface area (TPSA) is 129 Å². The minimum Gasteiger partial charge on any atom is -0.415 e. The van der Waals surface area contributed by atoms with Gasteiger partial charge in [0.25, 0.3) is 10.0 Å². The van der Waals surface area contributed by atoms with Crippen molar-refractivity contribution in [2.24, 2.45) is 5.92 Å². The van der Waals surface area contributed by atoms with E-state index in [1.54, 1.807) is 41.2 Å². The van der Waals surface area contributed by atoms with Crippen LogP contribution in [0.5, 0.6) is 0 Å². The Labute approximate surface area is 249 Å². The SMILES string of the molecule is Cc1ccc(S(=O)(=O)n2ccc3c(N[C@@H](C)C4CC4)nc(Nc4cn([C@H](C)CO[Si](C)(C)C(C)(C)C)nn4)nc32)cc1. The van der Waals surface area contributed by atoms with Crippen LogP contribution in [0, 0.1) is 12.8 Å². The van der Waals surface area contributed by atoms with Gasteiger partial charge in [0.15, 0.2) is 19.8 Å². The molecule has 1 aromatic carbocycles. The third-order valence-electron chi connectivity index (χ3n) is 8.48. The molecule has 0 bridgehead atoms. The fourth-order valence-electron chi connectivity index (χ4n) is 4.39. The highest BCUT2D eigenvalue weighted by atomic mass is 32.2. The molecular formula is C29H42N8O3SSi. The fraction of sp³-hybridized carbons (Fsp3) is 0.517. The maximum absolute atomic E-state index is 13.6. The first kappa shape index (κ1) is 30.2. The predicted octanol–water partition coefficient (Wildman–Crippen LogP) is 6.11. The lowest BCUT2D eigenvalue weighted by Crippen LogP contribution is -2.42. The van der Waals surface area contributed by atoms with Crippen molar-refractivity contribution in [1.29, 1.82) is 0 Å². The van der Waals surface area contributed by atoms with Crippen LogP contribution in [0.1, 0.15) is 59.1 Å². The van der Waals surface area contributed by atoms with Gasteiger partial charge in [-0.3, -0.25) is 0 Å². The van der Waals surface area contributed by atoms with Gasteiger partial charge in [-0.05, 0) is 75.9 Å². The quantitative estimate of drug-likeness (QED) is 0.193. The predicted molar refractivity (Wildman–Crippen MR) is 168 cm³/mol. The highest BCUT2D eigenvalue weighted by molar-refractivity contribution is 7.90. The van der Waals surface area contributed by atoms with Gasteiger partial charge in [0.2, 0.25) is 5.95 Å². The molecule has 0 unspecified atom stereocenters. The summed E-state index contributed by atoms with van der Waals surface area (Å²) in [5.74, 6) is 1.82. The van der Waals surface area contributed by atoms with Gasteiger partial charge < -0.3 is 15.1 Å². The van der Waals surface area contributed by atoms with E-state index in [0.717, 1.165) is 18.4 Å². The number of aromatic nitrogens is 6. The van der Waals surface area contributed by atoms with Crippen molar-refractivity contribution < 1.29 is 12.8 Å². The number of nitrogens with one attached hydrogen (secondary N) is 2. The Kier molecular flexibility index (Phi) is 7.96. The lowest BCUT2D eigenvalue weighted by Gasteiger charge is -2.36. The van der Waals surface area contributed by atoms with Crippen LogP contribution in [0.15, 0.2) is 47.6 Å². The molecule has 1 aliphatic rings. The van der Waals surface area contributed by atoms with Gasteiger partial charge in [0, 0.05) is 12.2 Å². The molecule has 3 aromatic heterocycles. The zero-order valence-corrected chi connectivity index (χ0v) is 27.5. The number of benzene rings is 1. The van der Waals surface area contributed by atoms with Crippen molar-refractivity contribution >= 4 is 47.0 Å². The smallest absolute Gasteiger partial charge is 0.269 e. The van der Waals surface area contributed by atoms with Crippen LogP contribution in [0.3, 0.4) is 0 Å². The Morgan fingerprint density at radius 2 is 1.79 bits per heavy atom. The molecule has 42 heavy (non-hydrogen) atoms. The number of hydrogen-bond donors (Lipinski definition) is 2. The first-order valence-corrected chi connectivity index (χ1v) is 18.8. The summed E-state index contributed by atoms with van der Waals surface area (Å²) in [5, 5.41) is 16.0. The van der Waals surface area contributed by atoms with Gasteiger partial charge in [-0.25, -0.2) is 17.1 Å². The van der Waals surface area contributed by atoms with E-state index < -0.39 is 18.3 Å². The molecule has 2 N–H and O–H groups in total. The first-order chi connectivity index (χ1) is 19.7. The standard InChI is InChI=1S/C29H42N8O3SSi/c1-19-9-13-23(14-10-19)41(38,39)37-16-15-24-26(30-21(3)22-11-12-22)32-28(33-27(24)37)31-25-17-36(35-34-25)20(2)18-40-42(7,8)29(4,5)6/h9-10,13-17,20-22H,11-12,18H2,1-8H3,(H2,30,31,32,33)/t20-,21+/m1/s1. The molecule has 1 saturated carbocycles. The summed E-state index contributed by atoms with van der Waals surface area (Å²) in [6.07, 6.45) is 5.65. The molecule has 0 aliphatic heterocycles. The van der Waals surface area contributed by atoms with Crippen LogP contribution in [0.2, 0.25) is 18.1 Å². The van der Waals surface area contributed by atoms with Crippen LogP contribution in [0.25, 0.3) is 11.0 Å². The molecule has 0 amide bonds. The minimum atomic E-state index is -3.89. The maximum atomic E-state index is 13.6. The average molecular weight is 611 g/mol. The molecular weight excluding hydrogens is 569 g/mol. The van der Waals surface area contributed by atoms with Crippen LogP contribution in [-0.4, -0.2) is 58.3 Å². The van der Waals surface area contributed by atoms with Crippen molar-refractivity contribution in [2.45, 2.75) is 89.5 Å². The molecule has 0 spiro atoms. The van der Waals surface area contributed by atoms with Gasteiger partial charge in [-0.1, -0.05) is 43.7 Å². The second-order valence-electron chi connectivity index (χ2n) is 13.0. The Balaban J connectivity index is 1.44. The van der Waals surface area contributed by atoms with Gasteiger partial charge in [0.05, 0.1) is 29.1 Å². The molecule has 0 saturated heterocycles. The first-order valence-electron chi connectivity index (χ1n) is 14.5. The van der Waals surface area contributed by atoms with E-state index in [4.69, 9.17) is 9.41 Å². The number of anilines is 3. The second kappa shape index (κ2) is 11.1. The fourth-order valence-corrected chi connectivity index (χ4v) is 6.78.